The molecule has 80 valence electrons. The third-order valence-corrected chi connectivity index (χ3v) is 7.97. The standard InChI is InChI=1S/C11H21NOSi/c1-11(2,3)14(4,5)12-9-10-7-6-8-13-10/h6-8,12H,9H2,1-5H3. The molecule has 0 spiro atoms. The topological polar surface area (TPSA) is 25.2 Å². The molecule has 1 aromatic rings. The Morgan fingerprint density at radius 3 is 2.43 bits per heavy atom. The Labute approximate surface area is 87.8 Å². The predicted octanol–water partition coefficient (Wildman–Crippen LogP) is 3.37. The van der Waals surface area contributed by atoms with Crippen LogP contribution < -0.4 is 4.98 Å². The number of hydrogen-bond donors (Lipinski definition) is 1. The highest BCUT2D eigenvalue weighted by atomic mass is 28.3. The molecular formula is C11H21NOSi. The summed E-state index contributed by atoms with van der Waals surface area (Å²) in [5.41, 5.74) is 0. The highest BCUT2D eigenvalue weighted by molar-refractivity contribution is 6.77. The van der Waals surface area contributed by atoms with Crippen LogP contribution in [0, 0.1) is 0 Å². The molecule has 1 aromatic heterocycles. The van der Waals surface area contributed by atoms with E-state index in [2.05, 4.69) is 38.8 Å². The molecule has 0 amide bonds. The van der Waals surface area contributed by atoms with Gasteiger partial charge in [0, 0.05) is 6.54 Å². The van der Waals surface area contributed by atoms with E-state index in [1.807, 2.05) is 12.1 Å². The number of rotatable bonds is 3. The SMILES string of the molecule is CC(C)(C)[Si](C)(C)NCc1ccco1. The lowest BCUT2D eigenvalue weighted by Gasteiger charge is -2.37. The van der Waals surface area contributed by atoms with E-state index in [1.165, 1.54) is 0 Å². The fourth-order valence-electron chi connectivity index (χ4n) is 0.986. The van der Waals surface area contributed by atoms with E-state index in [4.69, 9.17) is 4.42 Å². The van der Waals surface area contributed by atoms with Crippen LogP contribution in [0.25, 0.3) is 0 Å². The minimum absolute atomic E-state index is 0.375. The first-order valence-electron chi connectivity index (χ1n) is 5.10. The second kappa shape index (κ2) is 3.91. The summed E-state index contributed by atoms with van der Waals surface area (Å²) in [6.07, 6.45) is 1.72. The monoisotopic (exact) mass is 211 g/mol. The largest absolute Gasteiger partial charge is 0.468 e. The average molecular weight is 211 g/mol. The van der Waals surface area contributed by atoms with Crippen molar-refractivity contribution < 1.29 is 4.42 Å². The molecule has 14 heavy (non-hydrogen) atoms. The second-order valence-electron chi connectivity index (χ2n) is 5.31. The number of nitrogens with one attached hydrogen (secondary N) is 1. The van der Waals surface area contributed by atoms with Gasteiger partial charge in [-0.15, -0.1) is 0 Å². The van der Waals surface area contributed by atoms with Gasteiger partial charge < -0.3 is 9.40 Å². The van der Waals surface area contributed by atoms with E-state index in [1.54, 1.807) is 6.26 Å². The molecule has 0 fully saturated rings. The van der Waals surface area contributed by atoms with Crippen molar-refractivity contribution in [3.63, 3.8) is 0 Å². The van der Waals surface area contributed by atoms with Crippen molar-refractivity contribution in [2.45, 2.75) is 45.4 Å². The molecule has 0 saturated carbocycles. The Kier molecular flexibility index (Phi) is 3.22. The lowest BCUT2D eigenvalue weighted by atomic mass is 10.2. The van der Waals surface area contributed by atoms with Gasteiger partial charge in [0.05, 0.1) is 6.26 Å². The first-order chi connectivity index (χ1) is 6.33. The zero-order chi connectivity index (χ0) is 10.8. The Bertz CT molecular complexity index is 272. The minimum atomic E-state index is -1.37. The molecule has 0 aliphatic carbocycles. The van der Waals surface area contributed by atoms with Gasteiger partial charge in [-0.2, -0.15) is 0 Å². The smallest absolute Gasteiger partial charge is 0.125 e. The van der Waals surface area contributed by atoms with Crippen LogP contribution in [0.4, 0.5) is 0 Å². The number of furan rings is 1. The molecule has 0 aliphatic heterocycles. The van der Waals surface area contributed by atoms with Gasteiger partial charge >= 0.3 is 0 Å². The molecule has 0 aromatic carbocycles. The van der Waals surface area contributed by atoms with Crippen LogP contribution in [0.2, 0.25) is 18.1 Å². The van der Waals surface area contributed by atoms with Gasteiger partial charge in [0.1, 0.15) is 14.0 Å². The van der Waals surface area contributed by atoms with E-state index < -0.39 is 8.24 Å². The highest BCUT2D eigenvalue weighted by Crippen LogP contribution is 2.33. The van der Waals surface area contributed by atoms with E-state index in [-0.39, 0.29) is 0 Å². The van der Waals surface area contributed by atoms with Crippen molar-refractivity contribution in [3.05, 3.63) is 24.2 Å². The lowest BCUT2D eigenvalue weighted by molar-refractivity contribution is 0.500. The Hall–Kier alpha value is -0.543. The van der Waals surface area contributed by atoms with E-state index in [0.717, 1.165) is 12.3 Å². The maximum atomic E-state index is 5.30. The molecule has 1 rings (SSSR count). The minimum Gasteiger partial charge on any atom is -0.468 e. The molecule has 0 atom stereocenters. The summed E-state index contributed by atoms with van der Waals surface area (Å²) in [6, 6.07) is 3.95. The third-order valence-electron chi connectivity index (χ3n) is 3.16. The summed E-state index contributed by atoms with van der Waals surface area (Å²) in [5, 5.41) is 0.375. The zero-order valence-corrected chi connectivity index (χ0v) is 10.8. The summed E-state index contributed by atoms with van der Waals surface area (Å²) in [6.45, 7) is 12.5. The first-order valence-corrected chi connectivity index (χ1v) is 8.10. The van der Waals surface area contributed by atoms with Crippen LogP contribution in [0.3, 0.4) is 0 Å². The Morgan fingerprint density at radius 2 is 2.00 bits per heavy atom. The quantitative estimate of drug-likeness (QED) is 0.775. The van der Waals surface area contributed by atoms with Crippen LogP contribution in [-0.2, 0) is 6.54 Å². The summed E-state index contributed by atoms with van der Waals surface area (Å²) in [4.78, 5) is 3.65. The Balaban J connectivity index is 2.53. The summed E-state index contributed by atoms with van der Waals surface area (Å²) >= 11 is 0. The van der Waals surface area contributed by atoms with E-state index >= 15 is 0 Å². The maximum Gasteiger partial charge on any atom is 0.125 e. The maximum absolute atomic E-state index is 5.30. The summed E-state index contributed by atoms with van der Waals surface area (Å²) in [7, 11) is -1.37. The summed E-state index contributed by atoms with van der Waals surface area (Å²) < 4.78 is 5.30. The van der Waals surface area contributed by atoms with Gasteiger partial charge in [-0.25, -0.2) is 0 Å². The summed E-state index contributed by atoms with van der Waals surface area (Å²) in [5.74, 6) is 1.02. The average Bonchev–Trinajstić information content (AvgIpc) is 2.50. The Morgan fingerprint density at radius 1 is 1.36 bits per heavy atom. The van der Waals surface area contributed by atoms with Gasteiger partial charge in [0.15, 0.2) is 0 Å². The van der Waals surface area contributed by atoms with Crippen molar-refractivity contribution in [1.29, 1.82) is 0 Å². The van der Waals surface area contributed by atoms with Crippen molar-refractivity contribution in [3.8, 4) is 0 Å². The molecule has 1 heterocycles. The normalized spacial score (nSPS) is 13.2. The van der Waals surface area contributed by atoms with Gasteiger partial charge in [-0.05, 0) is 17.2 Å². The van der Waals surface area contributed by atoms with Crippen molar-refractivity contribution in [2.75, 3.05) is 0 Å². The second-order valence-corrected chi connectivity index (χ2v) is 10.4. The molecule has 0 aliphatic rings. The predicted molar refractivity (Wildman–Crippen MR) is 62.7 cm³/mol. The first kappa shape index (κ1) is 11.5. The van der Waals surface area contributed by atoms with Crippen LogP contribution >= 0.6 is 0 Å². The van der Waals surface area contributed by atoms with Crippen molar-refractivity contribution in [1.82, 2.24) is 4.98 Å². The van der Waals surface area contributed by atoms with Crippen molar-refractivity contribution in [2.24, 2.45) is 0 Å². The zero-order valence-electron chi connectivity index (χ0n) is 9.85. The fourth-order valence-corrected chi connectivity index (χ4v) is 2.13. The number of hydrogen-bond acceptors (Lipinski definition) is 2. The van der Waals surface area contributed by atoms with E-state index in [9.17, 15) is 0 Å². The molecule has 1 N–H and O–H groups in total. The fraction of sp³-hybridized carbons (Fsp3) is 0.636. The van der Waals surface area contributed by atoms with Crippen LogP contribution in [0.5, 0.6) is 0 Å². The van der Waals surface area contributed by atoms with Crippen LogP contribution in [0.1, 0.15) is 26.5 Å². The van der Waals surface area contributed by atoms with Gasteiger partial charge in [0.2, 0.25) is 0 Å². The molecule has 0 bridgehead atoms. The highest BCUT2D eigenvalue weighted by Gasteiger charge is 2.34. The molecule has 0 unspecified atom stereocenters. The van der Waals surface area contributed by atoms with Crippen molar-refractivity contribution >= 4 is 8.24 Å². The van der Waals surface area contributed by atoms with Crippen LogP contribution in [-0.4, -0.2) is 8.24 Å². The van der Waals surface area contributed by atoms with Gasteiger partial charge in [-0.1, -0.05) is 33.9 Å². The molecule has 3 heteroatoms. The molecular weight excluding hydrogens is 190 g/mol. The van der Waals surface area contributed by atoms with E-state index in [0.29, 0.717) is 5.04 Å². The third kappa shape index (κ3) is 2.72. The molecule has 0 saturated heterocycles. The van der Waals surface area contributed by atoms with Gasteiger partial charge in [-0.3, -0.25) is 0 Å². The van der Waals surface area contributed by atoms with Gasteiger partial charge in [0.25, 0.3) is 0 Å². The molecule has 2 nitrogen and oxygen atoms in total. The van der Waals surface area contributed by atoms with Crippen LogP contribution in [0.15, 0.2) is 22.8 Å². The molecule has 0 radical (unpaired) electrons. The lowest BCUT2D eigenvalue weighted by Crippen LogP contribution is -2.51.